The zero-order chi connectivity index (χ0) is 63.0. The number of nitrogens with one attached hydrogen (secondary N) is 4. The molecule has 4 fully saturated rings. The van der Waals surface area contributed by atoms with Gasteiger partial charge in [0.25, 0.3) is 11.8 Å². The second-order valence-electron chi connectivity index (χ2n) is 25.5. The maximum absolute atomic E-state index is 16.3. The van der Waals surface area contributed by atoms with E-state index in [1.807, 2.05) is 50.2 Å². The predicted molar refractivity (Wildman–Crippen MR) is 327 cm³/mol. The number of ketones is 1. The molecule has 5 amide bonds. The van der Waals surface area contributed by atoms with E-state index in [0.717, 1.165) is 47.4 Å². The second-order valence-corrected chi connectivity index (χ2v) is 26.8. The van der Waals surface area contributed by atoms with Crippen molar-refractivity contribution in [1.82, 2.24) is 31.2 Å². The number of thiazole rings is 1. The van der Waals surface area contributed by atoms with E-state index in [9.17, 15) is 38.3 Å². The number of β-amino-alcohol motifs (C(OH)–C–C–N with tert-alkyl or cyclic N) is 1. The van der Waals surface area contributed by atoms with E-state index in [4.69, 9.17) is 31.5 Å². The molecule has 5 aliphatic rings. The monoisotopic (exact) mass is 1250 g/mol. The Morgan fingerprint density at radius 3 is 2.28 bits per heavy atom. The standard InChI is InChI=1S/C66H77ClF3N7O10S/c1-35-53-51(29-46(68)56(67)55(53)54-45(60(71)81)22-23-49(85-6)57(54)69)87-66(35,41-10-8-7-9-11-41)33-73-42-20-16-38(17-21-42)48(79)26-37-12-18-43(19-13-37)75-52(80)32-86-50-27-39(58-36(2)74-34-88-58)14-15-40(50)30-72-61(82)47-28-44(78)31-77(47)62(83)59(64(3,4)5)76-63(84)65(70)24-25-65/h7-11,14-15,22-23,27,29,34-35,37-38,42-44,47,59,73,78H,12-13,16-21,24-26,28,30-33H2,1-6H3,(H2,71,81)(H,72,82)(H,75,80)(H,76,84)/t35-,37?,38?,42?,43?,44+,47-,59+,66-/m0/s1. The molecule has 4 aromatic carbocycles. The largest absolute Gasteiger partial charge is 0.494 e. The number of carbonyl (C=O) groups is 6. The maximum Gasteiger partial charge on any atom is 0.258 e. The fourth-order valence-corrected chi connectivity index (χ4v) is 14.3. The van der Waals surface area contributed by atoms with Gasteiger partial charge in [-0.2, -0.15) is 0 Å². The van der Waals surface area contributed by atoms with Crippen LogP contribution in [0.2, 0.25) is 5.02 Å². The van der Waals surface area contributed by atoms with Crippen LogP contribution in [0.1, 0.15) is 143 Å². The lowest BCUT2D eigenvalue weighted by Gasteiger charge is -2.37. The number of aliphatic hydroxyl groups is 1. The Labute approximate surface area is 519 Å². The van der Waals surface area contributed by atoms with Gasteiger partial charge in [-0.05, 0) is 112 Å². The quantitative estimate of drug-likeness (QED) is 0.0403. The molecule has 22 heteroatoms. The number of likely N-dealkylation sites (tertiary alicyclic amines) is 1. The maximum atomic E-state index is 16.3. The number of hydrogen-bond acceptors (Lipinski definition) is 13. The Bertz CT molecular complexity index is 3470. The van der Waals surface area contributed by atoms with Crippen molar-refractivity contribution in [2.24, 2.45) is 23.0 Å². The van der Waals surface area contributed by atoms with Crippen LogP contribution in [0.5, 0.6) is 17.2 Å². The van der Waals surface area contributed by atoms with E-state index < -0.39 is 76.1 Å². The topological polar surface area (TPSA) is 241 Å². The number of carbonyl (C=O) groups excluding carboxylic acids is 6. The van der Waals surface area contributed by atoms with Gasteiger partial charge in [0.1, 0.15) is 35.2 Å². The van der Waals surface area contributed by atoms with Crippen molar-refractivity contribution in [3.05, 3.63) is 117 Å². The second kappa shape index (κ2) is 26.2. The zero-order valence-corrected chi connectivity index (χ0v) is 51.9. The highest BCUT2D eigenvalue weighted by Crippen LogP contribution is 2.57. The summed E-state index contributed by atoms with van der Waals surface area (Å²) in [5.74, 6) is -4.92. The van der Waals surface area contributed by atoms with Crippen LogP contribution < -0.4 is 41.2 Å². The third-order valence-corrected chi connectivity index (χ3v) is 19.9. The fourth-order valence-electron chi connectivity index (χ4n) is 13.2. The molecular weight excluding hydrogens is 1180 g/mol. The van der Waals surface area contributed by atoms with Gasteiger partial charge in [-0.3, -0.25) is 28.8 Å². The highest BCUT2D eigenvalue weighted by Gasteiger charge is 2.54. The third kappa shape index (κ3) is 13.4. The number of primary amides is 1. The molecule has 1 aromatic heterocycles. The number of nitrogens with two attached hydrogens (primary N) is 1. The van der Waals surface area contributed by atoms with Crippen LogP contribution in [0.3, 0.4) is 0 Å². The van der Waals surface area contributed by atoms with E-state index >= 15 is 8.78 Å². The number of fused-ring (bicyclic) bond motifs is 1. The molecular formula is C66H77ClF3N7O10S. The number of alkyl halides is 1. The van der Waals surface area contributed by atoms with Gasteiger partial charge in [-0.1, -0.05) is 81.8 Å². The van der Waals surface area contributed by atoms with Crippen LogP contribution in [0.25, 0.3) is 21.6 Å². The minimum absolute atomic E-state index is 0.0293. The summed E-state index contributed by atoms with van der Waals surface area (Å²) in [6, 6.07) is 16.5. The van der Waals surface area contributed by atoms with E-state index in [1.54, 1.807) is 38.4 Å². The lowest BCUT2D eigenvalue weighted by Crippen LogP contribution is -2.59. The summed E-state index contributed by atoms with van der Waals surface area (Å²) in [6.07, 6.45) is 5.35. The average molecular weight is 1250 g/mol. The average Bonchev–Trinajstić information content (AvgIpc) is 1.67. The first kappa shape index (κ1) is 63.9. The molecule has 5 aromatic rings. The summed E-state index contributed by atoms with van der Waals surface area (Å²) in [4.78, 5) is 87.5. The normalized spacial score (nSPS) is 24.1. The zero-order valence-electron chi connectivity index (χ0n) is 50.4. The molecule has 0 radical (unpaired) electrons. The molecule has 1 saturated heterocycles. The van der Waals surface area contributed by atoms with Crippen molar-refractivity contribution in [3.63, 3.8) is 0 Å². The SMILES string of the molecule is COc1ccc(C(N)=O)c(-c2c(Cl)c(F)cc3c2[C@H](C)[C@@](CNC2CCC(C(=O)CC4CCC(NC(=O)COc5cc(-c6scnc6C)ccc5CNC(=O)[C@@H]5C[C@@H](O)CN5C(=O)[C@@H](NC(=O)C5(F)CC5)C(C)(C)C)CC4)CC2)(c2ccccc2)O3)c1F. The molecule has 7 N–H and O–H groups in total. The molecule has 0 spiro atoms. The fraction of sp³-hybridized carbons (Fsp3) is 0.500. The van der Waals surface area contributed by atoms with Gasteiger partial charge in [0.2, 0.25) is 17.7 Å². The Hall–Kier alpha value is -7.07. The van der Waals surface area contributed by atoms with Gasteiger partial charge in [0.15, 0.2) is 29.4 Å². The first-order valence-electron chi connectivity index (χ1n) is 30.3. The van der Waals surface area contributed by atoms with Gasteiger partial charge < -0.3 is 51.2 Å². The lowest BCUT2D eigenvalue weighted by atomic mass is 9.76. The van der Waals surface area contributed by atoms with Crippen molar-refractivity contribution in [1.29, 1.82) is 0 Å². The molecule has 470 valence electrons. The summed E-state index contributed by atoms with van der Waals surface area (Å²) in [5, 5.41) is 22.7. The number of aromatic nitrogens is 1. The number of Topliss-reactive ketones (excluding diaryl/α,β-unsaturated/α-hetero) is 1. The summed E-state index contributed by atoms with van der Waals surface area (Å²) in [5.41, 5.74) is 6.40. The van der Waals surface area contributed by atoms with Crippen LogP contribution in [0.4, 0.5) is 13.2 Å². The van der Waals surface area contributed by atoms with Gasteiger partial charge >= 0.3 is 0 Å². The smallest absolute Gasteiger partial charge is 0.258 e. The number of methoxy groups -OCH3 is 1. The van der Waals surface area contributed by atoms with E-state index in [2.05, 4.69) is 26.3 Å². The number of amides is 5. The molecule has 3 saturated carbocycles. The van der Waals surface area contributed by atoms with E-state index in [-0.39, 0.29) is 114 Å². The number of ether oxygens (including phenoxy) is 3. The van der Waals surface area contributed by atoms with E-state index in [1.165, 1.54) is 41.5 Å². The Morgan fingerprint density at radius 1 is 0.932 bits per heavy atom. The Balaban J connectivity index is 0.714. The molecule has 88 heavy (non-hydrogen) atoms. The number of halogens is 4. The highest BCUT2D eigenvalue weighted by molar-refractivity contribution is 7.13. The molecule has 0 unspecified atom stereocenters. The van der Waals surface area contributed by atoms with Crippen molar-refractivity contribution in [2.75, 3.05) is 26.8 Å². The van der Waals surface area contributed by atoms with Gasteiger partial charge in [-0.25, -0.2) is 18.2 Å². The van der Waals surface area contributed by atoms with Crippen molar-refractivity contribution >= 4 is 58.3 Å². The minimum atomic E-state index is -2.01. The van der Waals surface area contributed by atoms with Gasteiger partial charge in [0, 0.05) is 84.7 Å². The highest BCUT2D eigenvalue weighted by atomic mass is 35.5. The molecule has 3 heterocycles. The number of benzene rings is 4. The van der Waals surface area contributed by atoms with Crippen molar-refractivity contribution < 1.29 is 61.3 Å². The number of aliphatic hydroxyl groups excluding tert-OH is 1. The first-order valence-corrected chi connectivity index (χ1v) is 31.6. The summed E-state index contributed by atoms with van der Waals surface area (Å²) in [7, 11) is 1.28. The predicted octanol–water partition coefficient (Wildman–Crippen LogP) is 9.69. The molecule has 0 bridgehead atoms. The summed E-state index contributed by atoms with van der Waals surface area (Å²) < 4.78 is 65.2. The number of hydrogen-bond donors (Lipinski definition) is 6. The van der Waals surface area contributed by atoms with Crippen LogP contribution in [0.15, 0.2) is 72.2 Å². The number of aryl methyl sites for hydroxylation is 1. The number of nitrogens with zero attached hydrogens (tertiary/aromatic N) is 2. The minimum Gasteiger partial charge on any atom is -0.494 e. The molecule has 17 nitrogen and oxygen atoms in total. The molecule has 3 aliphatic carbocycles. The third-order valence-electron chi connectivity index (χ3n) is 18.5. The lowest BCUT2D eigenvalue weighted by molar-refractivity contribution is -0.145. The van der Waals surface area contributed by atoms with Crippen molar-refractivity contribution in [2.45, 2.75) is 166 Å². The van der Waals surface area contributed by atoms with Crippen LogP contribution in [-0.2, 0) is 36.1 Å². The molecule has 10 rings (SSSR count). The summed E-state index contributed by atoms with van der Waals surface area (Å²) >= 11 is 8.16. The van der Waals surface area contributed by atoms with Gasteiger partial charge in [-0.15, -0.1) is 11.3 Å². The summed E-state index contributed by atoms with van der Waals surface area (Å²) in [6.45, 7) is 8.78. The van der Waals surface area contributed by atoms with Crippen molar-refractivity contribution in [3.8, 4) is 38.8 Å². The number of rotatable bonds is 21. The van der Waals surface area contributed by atoms with Gasteiger partial charge in [0.05, 0.1) is 39.9 Å². The van der Waals surface area contributed by atoms with E-state index in [0.29, 0.717) is 49.0 Å². The molecule has 2 aliphatic heterocycles. The van der Waals surface area contributed by atoms with Crippen LogP contribution in [-0.4, -0.2) is 113 Å². The van der Waals surface area contributed by atoms with Crippen LogP contribution in [0, 0.1) is 35.8 Å². The Morgan fingerprint density at radius 2 is 1.64 bits per heavy atom. The Kier molecular flexibility index (Phi) is 19.0. The molecule has 5 atom stereocenters. The first-order chi connectivity index (χ1) is 41.9. The van der Waals surface area contributed by atoms with Crippen LogP contribution >= 0.6 is 22.9 Å².